The zero-order valence-electron chi connectivity index (χ0n) is 14.6. The van der Waals surface area contributed by atoms with Crippen molar-refractivity contribution in [3.63, 3.8) is 0 Å². The summed E-state index contributed by atoms with van der Waals surface area (Å²) in [5.74, 6) is 1.41. The molecular formula is C19H24N4O. The summed E-state index contributed by atoms with van der Waals surface area (Å²) in [5, 5.41) is 0. The minimum Gasteiger partial charge on any atom is -0.359 e. The van der Waals surface area contributed by atoms with Gasteiger partial charge in [0.1, 0.15) is 11.4 Å². The van der Waals surface area contributed by atoms with Gasteiger partial charge in [-0.3, -0.25) is 4.79 Å². The van der Waals surface area contributed by atoms with E-state index in [1.807, 2.05) is 42.0 Å². The molecule has 24 heavy (non-hydrogen) atoms. The topological polar surface area (TPSA) is 49.3 Å². The minimum atomic E-state index is 0.0404. The van der Waals surface area contributed by atoms with E-state index in [0.717, 1.165) is 38.0 Å². The molecule has 126 valence electrons. The summed E-state index contributed by atoms with van der Waals surface area (Å²) in [6, 6.07) is 8.11. The maximum absolute atomic E-state index is 12.8. The Hall–Kier alpha value is -2.43. The van der Waals surface area contributed by atoms with Crippen molar-refractivity contribution in [3.05, 3.63) is 41.6 Å². The molecule has 1 amide bonds. The van der Waals surface area contributed by atoms with E-state index in [-0.39, 0.29) is 5.91 Å². The van der Waals surface area contributed by atoms with E-state index >= 15 is 0 Å². The van der Waals surface area contributed by atoms with Crippen LogP contribution in [-0.4, -0.2) is 47.5 Å². The monoisotopic (exact) mass is 324 g/mol. The van der Waals surface area contributed by atoms with Gasteiger partial charge in [0.2, 0.25) is 0 Å². The Kier molecular flexibility index (Phi) is 4.79. The summed E-state index contributed by atoms with van der Waals surface area (Å²) in [6.07, 6.45) is 3.84. The molecule has 0 radical (unpaired) electrons. The highest BCUT2D eigenvalue weighted by Gasteiger charge is 2.24. The van der Waals surface area contributed by atoms with Crippen LogP contribution >= 0.6 is 0 Å². The second kappa shape index (κ2) is 6.99. The van der Waals surface area contributed by atoms with Crippen molar-refractivity contribution >= 4 is 11.7 Å². The van der Waals surface area contributed by atoms with Crippen molar-refractivity contribution in [2.45, 2.75) is 26.7 Å². The molecule has 0 aliphatic carbocycles. The van der Waals surface area contributed by atoms with Gasteiger partial charge < -0.3 is 9.80 Å². The molecule has 0 bridgehead atoms. The Bertz CT molecular complexity index is 738. The van der Waals surface area contributed by atoms with E-state index in [1.165, 1.54) is 5.56 Å². The standard InChI is InChI=1S/C19H24N4O/c1-4-22(3)18-16(19(24)23-10-5-6-11-23)13-20-17(21-18)15-9-7-8-14(2)12-15/h7-9,12-13H,4-6,10-11H2,1-3H3. The molecule has 0 unspecified atom stereocenters. The first-order chi connectivity index (χ1) is 11.6. The van der Waals surface area contributed by atoms with Crippen LogP contribution in [0.15, 0.2) is 30.5 Å². The van der Waals surface area contributed by atoms with E-state index in [2.05, 4.69) is 18.0 Å². The average molecular weight is 324 g/mol. The number of carbonyl (C=O) groups excluding carboxylic acids is 1. The summed E-state index contributed by atoms with van der Waals surface area (Å²) < 4.78 is 0. The largest absolute Gasteiger partial charge is 0.359 e. The van der Waals surface area contributed by atoms with Crippen LogP contribution in [0.2, 0.25) is 0 Å². The second-order valence-corrected chi connectivity index (χ2v) is 6.31. The predicted octanol–water partition coefficient (Wildman–Crippen LogP) is 3.14. The van der Waals surface area contributed by atoms with Crippen LogP contribution in [0.1, 0.15) is 35.7 Å². The van der Waals surface area contributed by atoms with Crippen LogP contribution < -0.4 is 4.90 Å². The van der Waals surface area contributed by atoms with Gasteiger partial charge in [0.05, 0.1) is 0 Å². The first kappa shape index (κ1) is 16.4. The first-order valence-electron chi connectivity index (χ1n) is 8.54. The number of nitrogens with zero attached hydrogens (tertiary/aromatic N) is 4. The Labute approximate surface area is 143 Å². The fourth-order valence-electron chi connectivity index (χ4n) is 2.98. The number of benzene rings is 1. The van der Waals surface area contributed by atoms with E-state index in [0.29, 0.717) is 17.2 Å². The number of likely N-dealkylation sites (tertiary alicyclic amines) is 1. The molecular weight excluding hydrogens is 300 g/mol. The summed E-state index contributed by atoms with van der Waals surface area (Å²) >= 11 is 0. The number of aromatic nitrogens is 2. The Morgan fingerprint density at radius 1 is 1.29 bits per heavy atom. The van der Waals surface area contributed by atoms with Gasteiger partial charge in [0.25, 0.3) is 5.91 Å². The summed E-state index contributed by atoms with van der Waals surface area (Å²) in [6.45, 7) is 6.54. The lowest BCUT2D eigenvalue weighted by Crippen LogP contribution is -2.30. The number of aryl methyl sites for hydroxylation is 1. The average Bonchev–Trinajstić information content (AvgIpc) is 3.14. The van der Waals surface area contributed by atoms with Gasteiger partial charge in [0.15, 0.2) is 5.82 Å². The number of hydrogen-bond donors (Lipinski definition) is 0. The molecule has 1 aromatic heterocycles. The molecule has 0 saturated carbocycles. The lowest BCUT2D eigenvalue weighted by atomic mass is 10.1. The third-order valence-electron chi connectivity index (χ3n) is 4.50. The Balaban J connectivity index is 2.02. The molecule has 1 aliphatic heterocycles. The van der Waals surface area contributed by atoms with Crippen molar-refractivity contribution in [2.24, 2.45) is 0 Å². The van der Waals surface area contributed by atoms with Gasteiger partial charge in [-0.1, -0.05) is 23.8 Å². The van der Waals surface area contributed by atoms with Gasteiger partial charge in [-0.15, -0.1) is 0 Å². The van der Waals surface area contributed by atoms with E-state index < -0.39 is 0 Å². The fourth-order valence-corrected chi connectivity index (χ4v) is 2.98. The van der Waals surface area contributed by atoms with Crippen LogP contribution in [0.4, 0.5) is 5.82 Å². The normalized spacial score (nSPS) is 14.0. The van der Waals surface area contributed by atoms with Gasteiger partial charge in [-0.25, -0.2) is 9.97 Å². The third-order valence-corrected chi connectivity index (χ3v) is 4.50. The second-order valence-electron chi connectivity index (χ2n) is 6.31. The predicted molar refractivity (Wildman–Crippen MR) is 96.3 cm³/mol. The summed E-state index contributed by atoms with van der Waals surface area (Å²) in [7, 11) is 1.96. The lowest BCUT2D eigenvalue weighted by Gasteiger charge is -2.22. The van der Waals surface area contributed by atoms with E-state index in [4.69, 9.17) is 4.98 Å². The SMILES string of the molecule is CCN(C)c1nc(-c2cccc(C)c2)ncc1C(=O)N1CCCC1. The fraction of sp³-hybridized carbons (Fsp3) is 0.421. The Morgan fingerprint density at radius 3 is 2.71 bits per heavy atom. The zero-order chi connectivity index (χ0) is 17.1. The molecule has 5 heteroatoms. The highest BCUT2D eigenvalue weighted by molar-refractivity contribution is 5.99. The molecule has 3 rings (SSSR count). The molecule has 1 fully saturated rings. The highest BCUT2D eigenvalue weighted by atomic mass is 16.2. The zero-order valence-corrected chi connectivity index (χ0v) is 14.6. The summed E-state index contributed by atoms with van der Waals surface area (Å²) in [4.78, 5) is 25.9. The molecule has 1 saturated heterocycles. The van der Waals surface area contributed by atoms with Crippen molar-refractivity contribution in [1.82, 2.24) is 14.9 Å². The lowest BCUT2D eigenvalue weighted by molar-refractivity contribution is 0.0792. The summed E-state index contributed by atoms with van der Waals surface area (Å²) in [5.41, 5.74) is 2.73. The van der Waals surface area contributed by atoms with Crippen LogP contribution in [0.5, 0.6) is 0 Å². The van der Waals surface area contributed by atoms with Crippen LogP contribution in [0.3, 0.4) is 0 Å². The van der Waals surface area contributed by atoms with Gasteiger partial charge >= 0.3 is 0 Å². The van der Waals surface area contributed by atoms with Gasteiger partial charge in [0, 0.05) is 38.4 Å². The molecule has 1 aliphatic rings. The maximum atomic E-state index is 12.8. The van der Waals surface area contributed by atoms with Gasteiger partial charge in [-0.2, -0.15) is 0 Å². The van der Waals surface area contributed by atoms with E-state index in [1.54, 1.807) is 6.20 Å². The van der Waals surface area contributed by atoms with Crippen molar-refractivity contribution in [2.75, 3.05) is 31.6 Å². The van der Waals surface area contributed by atoms with Crippen molar-refractivity contribution < 1.29 is 4.79 Å². The molecule has 5 nitrogen and oxygen atoms in total. The molecule has 2 heterocycles. The number of rotatable bonds is 4. The van der Waals surface area contributed by atoms with E-state index in [9.17, 15) is 4.79 Å². The van der Waals surface area contributed by atoms with Crippen molar-refractivity contribution in [3.8, 4) is 11.4 Å². The number of carbonyl (C=O) groups is 1. The molecule has 0 atom stereocenters. The van der Waals surface area contributed by atoms with Crippen LogP contribution in [0, 0.1) is 6.92 Å². The maximum Gasteiger partial charge on any atom is 0.259 e. The highest BCUT2D eigenvalue weighted by Crippen LogP contribution is 2.24. The van der Waals surface area contributed by atoms with Gasteiger partial charge in [-0.05, 0) is 32.8 Å². The minimum absolute atomic E-state index is 0.0404. The number of anilines is 1. The van der Waals surface area contributed by atoms with Crippen LogP contribution in [0.25, 0.3) is 11.4 Å². The van der Waals surface area contributed by atoms with Crippen molar-refractivity contribution in [1.29, 1.82) is 0 Å². The molecule has 2 aromatic rings. The smallest absolute Gasteiger partial charge is 0.259 e. The third kappa shape index (κ3) is 3.25. The van der Waals surface area contributed by atoms with Crippen LogP contribution in [-0.2, 0) is 0 Å². The number of amides is 1. The molecule has 0 N–H and O–H groups in total. The first-order valence-corrected chi connectivity index (χ1v) is 8.54. The Morgan fingerprint density at radius 2 is 2.04 bits per heavy atom. The number of hydrogen-bond acceptors (Lipinski definition) is 4. The molecule has 0 spiro atoms. The molecule has 1 aromatic carbocycles. The quantitative estimate of drug-likeness (QED) is 0.867.